The molecule has 0 aliphatic carbocycles. The van der Waals surface area contributed by atoms with Crippen LogP contribution in [-0.4, -0.2) is 24.5 Å². The van der Waals surface area contributed by atoms with Crippen molar-refractivity contribution in [3.05, 3.63) is 59.7 Å². The van der Waals surface area contributed by atoms with Gasteiger partial charge in [-0.05, 0) is 26.0 Å². The van der Waals surface area contributed by atoms with Crippen LogP contribution in [0.1, 0.15) is 25.0 Å². The van der Waals surface area contributed by atoms with E-state index in [0.717, 1.165) is 16.8 Å². The van der Waals surface area contributed by atoms with Crippen molar-refractivity contribution in [2.45, 2.75) is 19.4 Å². The van der Waals surface area contributed by atoms with Gasteiger partial charge in [-0.25, -0.2) is 0 Å². The lowest BCUT2D eigenvalue weighted by atomic mass is 10.1. The Kier molecular flexibility index (Phi) is 5.07. The number of anilines is 1. The number of hydrogen-bond donors (Lipinski definition) is 2. The molecule has 0 amide bonds. The van der Waals surface area contributed by atoms with Crippen molar-refractivity contribution >= 4 is 23.8 Å². The van der Waals surface area contributed by atoms with Crippen LogP contribution in [0, 0.1) is 0 Å². The fourth-order valence-corrected chi connectivity index (χ4v) is 1.86. The van der Waals surface area contributed by atoms with Gasteiger partial charge in [-0.1, -0.05) is 36.4 Å². The highest BCUT2D eigenvalue weighted by atomic mass is 14.8. The van der Waals surface area contributed by atoms with E-state index >= 15 is 0 Å². The summed E-state index contributed by atoms with van der Waals surface area (Å²) >= 11 is 0. The summed E-state index contributed by atoms with van der Waals surface area (Å²) in [5.74, 6) is 0. The van der Waals surface area contributed by atoms with E-state index in [4.69, 9.17) is 11.5 Å². The van der Waals surface area contributed by atoms with E-state index in [9.17, 15) is 0 Å². The van der Waals surface area contributed by atoms with Crippen LogP contribution in [0.25, 0.3) is 0 Å². The lowest BCUT2D eigenvalue weighted by molar-refractivity contribution is 0.535. The van der Waals surface area contributed by atoms with Crippen molar-refractivity contribution in [2.75, 3.05) is 12.3 Å². The Morgan fingerprint density at radius 1 is 0.955 bits per heavy atom. The second-order valence-corrected chi connectivity index (χ2v) is 5.90. The molecule has 2 aromatic rings. The van der Waals surface area contributed by atoms with Gasteiger partial charge in [-0.3, -0.25) is 9.98 Å². The van der Waals surface area contributed by atoms with Gasteiger partial charge in [0.2, 0.25) is 0 Å². The first-order valence-corrected chi connectivity index (χ1v) is 7.22. The van der Waals surface area contributed by atoms with Crippen molar-refractivity contribution in [2.24, 2.45) is 15.7 Å². The first kappa shape index (κ1) is 15.9. The zero-order valence-corrected chi connectivity index (χ0v) is 13.0. The van der Waals surface area contributed by atoms with Crippen molar-refractivity contribution < 1.29 is 0 Å². The van der Waals surface area contributed by atoms with Gasteiger partial charge in [0.15, 0.2) is 0 Å². The van der Waals surface area contributed by atoms with Crippen LogP contribution >= 0.6 is 0 Å². The molecule has 0 heterocycles. The fourth-order valence-electron chi connectivity index (χ4n) is 1.86. The number of nitrogens with zero attached hydrogens (tertiary/aromatic N) is 2. The van der Waals surface area contributed by atoms with Crippen molar-refractivity contribution in [3.8, 4) is 0 Å². The smallest absolute Gasteiger partial charge is 0.0717 e. The number of nitrogen functional groups attached to an aromatic ring is 1. The van der Waals surface area contributed by atoms with E-state index in [-0.39, 0.29) is 5.54 Å². The molecule has 0 spiro atoms. The molecule has 0 fully saturated rings. The van der Waals surface area contributed by atoms with Gasteiger partial charge in [0, 0.05) is 34.8 Å². The molecule has 0 aromatic heterocycles. The average Bonchev–Trinajstić information content (AvgIpc) is 2.46. The Hall–Kier alpha value is -2.46. The molecule has 2 aromatic carbocycles. The highest BCUT2D eigenvalue weighted by Gasteiger charge is 2.08. The molecule has 0 aliphatic rings. The minimum Gasteiger partial charge on any atom is -0.398 e. The quantitative estimate of drug-likeness (QED) is 0.656. The molecular weight excluding hydrogens is 272 g/mol. The number of benzene rings is 2. The second-order valence-electron chi connectivity index (χ2n) is 5.90. The topological polar surface area (TPSA) is 76.8 Å². The largest absolute Gasteiger partial charge is 0.398 e. The zero-order valence-electron chi connectivity index (χ0n) is 13.0. The van der Waals surface area contributed by atoms with Gasteiger partial charge >= 0.3 is 0 Å². The highest BCUT2D eigenvalue weighted by Crippen LogP contribution is 2.18. The standard InChI is InChI=1S/C18H22N4/c1-18(2,20)13-21-11-15-8-4-6-10-17(15)22-12-14-7-3-5-9-16(14)19/h3-12H,13,19-20H2,1-2H3. The summed E-state index contributed by atoms with van der Waals surface area (Å²) in [4.78, 5) is 8.92. The van der Waals surface area contributed by atoms with Gasteiger partial charge in [0.25, 0.3) is 0 Å². The third-order valence-electron chi connectivity index (χ3n) is 3.00. The van der Waals surface area contributed by atoms with Crippen molar-refractivity contribution in [1.29, 1.82) is 0 Å². The average molecular weight is 294 g/mol. The van der Waals surface area contributed by atoms with E-state index in [1.165, 1.54) is 0 Å². The Bertz CT molecular complexity index is 681. The summed E-state index contributed by atoms with van der Waals surface area (Å²) < 4.78 is 0. The van der Waals surface area contributed by atoms with Crippen LogP contribution in [0.15, 0.2) is 58.5 Å². The summed E-state index contributed by atoms with van der Waals surface area (Å²) in [6, 6.07) is 15.5. The molecule has 0 atom stereocenters. The minimum atomic E-state index is -0.312. The van der Waals surface area contributed by atoms with E-state index in [2.05, 4.69) is 9.98 Å². The predicted molar refractivity (Wildman–Crippen MR) is 95.3 cm³/mol. The lowest BCUT2D eigenvalue weighted by Crippen LogP contribution is -2.35. The van der Waals surface area contributed by atoms with Crippen molar-refractivity contribution in [3.63, 3.8) is 0 Å². The third-order valence-corrected chi connectivity index (χ3v) is 3.00. The Morgan fingerprint density at radius 2 is 1.59 bits per heavy atom. The molecule has 0 saturated carbocycles. The summed E-state index contributed by atoms with van der Waals surface area (Å²) in [6.07, 6.45) is 3.59. The molecule has 4 N–H and O–H groups in total. The number of rotatable bonds is 5. The molecule has 4 nitrogen and oxygen atoms in total. The van der Waals surface area contributed by atoms with Crippen molar-refractivity contribution in [1.82, 2.24) is 0 Å². The SMILES string of the molecule is CC(C)(N)CN=Cc1ccccc1N=Cc1ccccc1N. The third kappa shape index (κ3) is 4.82. The van der Waals surface area contributed by atoms with Gasteiger partial charge in [-0.2, -0.15) is 0 Å². The molecule has 0 bridgehead atoms. The Labute approximate surface area is 131 Å². The minimum absolute atomic E-state index is 0.312. The Morgan fingerprint density at radius 3 is 2.27 bits per heavy atom. The van der Waals surface area contributed by atoms with E-state index in [1.54, 1.807) is 6.21 Å². The van der Waals surface area contributed by atoms with Gasteiger partial charge in [-0.15, -0.1) is 0 Å². The Balaban J connectivity index is 2.20. The first-order valence-electron chi connectivity index (χ1n) is 7.22. The fraction of sp³-hybridized carbons (Fsp3) is 0.222. The van der Waals surface area contributed by atoms with Gasteiger partial charge in [0.05, 0.1) is 12.2 Å². The van der Waals surface area contributed by atoms with Crippen LogP contribution < -0.4 is 11.5 Å². The summed E-state index contributed by atoms with van der Waals surface area (Å²) in [7, 11) is 0. The lowest BCUT2D eigenvalue weighted by Gasteiger charge is -2.14. The summed E-state index contributed by atoms with van der Waals surface area (Å²) in [5.41, 5.74) is 15.0. The van der Waals surface area contributed by atoms with E-state index in [0.29, 0.717) is 12.2 Å². The molecule has 4 heteroatoms. The second kappa shape index (κ2) is 7.00. The molecule has 22 heavy (non-hydrogen) atoms. The highest BCUT2D eigenvalue weighted by molar-refractivity contribution is 5.92. The molecule has 0 aliphatic heterocycles. The van der Waals surface area contributed by atoms with Gasteiger partial charge < -0.3 is 11.5 Å². The van der Waals surface area contributed by atoms with Crippen LogP contribution in [0.5, 0.6) is 0 Å². The molecule has 114 valence electrons. The maximum Gasteiger partial charge on any atom is 0.0717 e. The predicted octanol–water partition coefficient (Wildman–Crippen LogP) is 3.18. The normalized spacial score (nSPS) is 12.3. The van der Waals surface area contributed by atoms with Crippen LogP contribution in [0.3, 0.4) is 0 Å². The first-order chi connectivity index (χ1) is 10.5. The molecule has 0 saturated heterocycles. The maximum atomic E-state index is 5.93. The monoisotopic (exact) mass is 294 g/mol. The molecule has 0 unspecified atom stereocenters. The maximum absolute atomic E-state index is 5.93. The van der Waals surface area contributed by atoms with E-state index in [1.807, 2.05) is 68.6 Å². The number of hydrogen-bond acceptors (Lipinski definition) is 4. The summed E-state index contributed by atoms with van der Waals surface area (Å²) in [5, 5.41) is 0. The van der Waals surface area contributed by atoms with Crippen LogP contribution in [0.2, 0.25) is 0 Å². The zero-order chi connectivity index (χ0) is 16.0. The van der Waals surface area contributed by atoms with E-state index < -0.39 is 0 Å². The molecule has 2 rings (SSSR count). The molecule has 0 radical (unpaired) electrons. The van der Waals surface area contributed by atoms with Crippen LogP contribution in [0.4, 0.5) is 11.4 Å². The number of nitrogens with two attached hydrogens (primary N) is 2. The number of para-hydroxylation sites is 2. The summed E-state index contributed by atoms with van der Waals surface area (Å²) in [6.45, 7) is 4.47. The van der Waals surface area contributed by atoms with Gasteiger partial charge in [0.1, 0.15) is 0 Å². The number of aliphatic imine (C=N–C) groups is 2. The molecular formula is C18H22N4. The van der Waals surface area contributed by atoms with Crippen LogP contribution in [-0.2, 0) is 0 Å².